The molecule has 5 nitrogen and oxygen atoms in total. The van der Waals surface area contributed by atoms with E-state index in [4.69, 9.17) is 0 Å². The zero-order valence-corrected chi connectivity index (χ0v) is 13.9. The number of urea groups is 1. The molecule has 21 heavy (non-hydrogen) atoms. The van der Waals surface area contributed by atoms with E-state index in [-0.39, 0.29) is 12.1 Å². The summed E-state index contributed by atoms with van der Waals surface area (Å²) in [6, 6.07) is 0.208. The van der Waals surface area contributed by atoms with E-state index >= 15 is 0 Å². The summed E-state index contributed by atoms with van der Waals surface area (Å²) >= 11 is 0. The van der Waals surface area contributed by atoms with E-state index in [9.17, 15) is 14.7 Å². The first-order valence-electron chi connectivity index (χ1n) is 8.20. The Morgan fingerprint density at radius 2 is 2.00 bits per heavy atom. The lowest BCUT2D eigenvalue weighted by molar-refractivity contribution is -0.148. The Kier molecular flexibility index (Phi) is 6.49. The monoisotopic (exact) mass is 298 g/mol. The highest BCUT2D eigenvalue weighted by Gasteiger charge is 2.45. The molecule has 1 aliphatic heterocycles. The Morgan fingerprint density at radius 1 is 1.33 bits per heavy atom. The molecule has 0 spiro atoms. The highest BCUT2D eigenvalue weighted by atomic mass is 16.4. The van der Waals surface area contributed by atoms with E-state index in [2.05, 4.69) is 20.8 Å². The number of carboxylic acid groups (broad SMARTS) is 1. The molecule has 122 valence electrons. The summed E-state index contributed by atoms with van der Waals surface area (Å²) < 4.78 is 0. The van der Waals surface area contributed by atoms with Gasteiger partial charge in [0.1, 0.15) is 0 Å². The molecular formula is C16H30N2O3. The molecule has 0 aliphatic carbocycles. The van der Waals surface area contributed by atoms with Crippen LogP contribution in [0.2, 0.25) is 0 Å². The van der Waals surface area contributed by atoms with Gasteiger partial charge < -0.3 is 14.9 Å². The van der Waals surface area contributed by atoms with Gasteiger partial charge in [-0.25, -0.2) is 4.79 Å². The molecule has 5 heteroatoms. The van der Waals surface area contributed by atoms with Gasteiger partial charge in [0.05, 0.1) is 5.41 Å². The van der Waals surface area contributed by atoms with Gasteiger partial charge in [-0.2, -0.15) is 0 Å². The average Bonchev–Trinajstić information content (AvgIpc) is 2.92. The Hall–Kier alpha value is -1.26. The Morgan fingerprint density at radius 3 is 2.43 bits per heavy atom. The van der Waals surface area contributed by atoms with E-state index in [1.54, 1.807) is 4.90 Å². The molecule has 1 fully saturated rings. The highest BCUT2D eigenvalue weighted by molar-refractivity contribution is 5.80. The fourth-order valence-electron chi connectivity index (χ4n) is 2.89. The Labute approximate surface area is 128 Å². The smallest absolute Gasteiger partial charge is 0.320 e. The quantitative estimate of drug-likeness (QED) is 0.785. The number of rotatable bonds is 7. The molecule has 0 radical (unpaired) electrons. The number of hydrogen-bond acceptors (Lipinski definition) is 2. The molecule has 0 aromatic heterocycles. The fourth-order valence-corrected chi connectivity index (χ4v) is 2.89. The van der Waals surface area contributed by atoms with Crippen molar-refractivity contribution in [2.24, 2.45) is 5.41 Å². The van der Waals surface area contributed by atoms with Gasteiger partial charge in [-0.15, -0.1) is 0 Å². The highest BCUT2D eigenvalue weighted by Crippen LogP contribution is 2.34. The molecule has 0 aromatic carbocycles. The number of likely N-dealkylation sites (tertiary alicyclic amines) is 1. The van der Waals surface area contributed by atoms with Gasteiger partial charge in [0.2, 0.25) is 0 Å². The number of unbranched alkanes of at least 4 members (excludes halogenated alkanes) is 1. The lowest BCUT2D eigenvalue weighted by Crippen LogP contribution is -2.48. The zero-order chi connectivity index (χ0) is 16.0. The van der Waals surface area contributed by atoms with Crippen LogP contribution in [0, 0.1) is 5.41 Å². The summed E-state index contributed by atoms with van der Waals surface area (Å²) in [5.41, 5.74) is -0.748. The minimum atomic E-state index is -0.774. The molecule has 1 saturated heterocycles. The lowest BCUT2D eigenvalue weighted by Gasteiger charge is -2.33. The molecule has 0 saturated carbocycles. The molecule has 2 atom stereocenters. The summed E-state index contributed by atoms with van der Waals surface area (Å²) in [6.07, 6.45) is 4.09. The van der Waals surface area contributed by atoms with Crippen LogP contribution in [0.5, 0.6) is 0 Å². The minimum absolute atomic E-state index is 0.00868. The molecule has 1 aliphatic rings. The van der Waals surface area contributed by atoms with Crippen LogP contribution < -0.4 is 0 Å². The minimum Gasteiger partial charge on any atom is -0.481 e. The molecule has 1 heterocycles. The number of nitrogens with zero attached hydrogens (tertiary/aromatic N) is 2. The van der Waals surface area contributed by atoms with Crippen LogP contribution in [0.15, 0.2) is 0 Å². The molecule has 1 N–H and O–H groups in total. The van der Waals surface area contributed by atoms with Crippen molar-refractivity contribution in [1.29, 1.82) is 0 Å². The van der Waals surface area contributed by atoms with Crippen LogP contribution in [0.1, 0.15) is 59.8 Å². The van der Waals surface area contributed by atoms with Crippen LogP contribution in [0.3, 0.4) is 0 Å². The van der Waals surface area contributed by atoms with Crippen molar-refractivity contribution in [2.45, 2.75) is 65.8 Å². The predicted molar refractivity (Wildman–Crippen MR) is 83.3 cm³/mol. The maximum absolute atomic E-state index is 12.7. The van der Waals surface area contributed by atoms with Gasteiger partial charge in [-0.3, -0.25) is 4.79 Å². The second-order valence-electron chi connectivity index (χ2n) is 6.20. The predicted octanol–water partition coefficient (Wildman–Crippen LogP) is 3.19. The number of carbonyl (C=O) groups is 2. The lowest BCUT2D eigenvalue weighted by atomic mass is 9.84. The number of carboxylic acids is 1. The van der Waals surface area contributed by atoms with Crippen LogP contribution in [0.25, 0.3) is 0 Å². The Balaban J connectivity index is 2.79. The van der Waals surface area contributed by atoms with Gasteiger partial charge in [-0.1, -0.05) is 27.2 Å². The summed E-state index contributed by atoms with van der Waals surface area (Å²) in [4.78, 5) is 27.9. The average molecular weight is 298 g/mol. The molecule has 1 rings (SSSR count). The second kappa shape index (κ2) is 7.66. The van der Waals surface area contributed by atoms with Crippen molar-refractivity contribution in [3.8, 4) is 0 Å². The third kappa shape index (κ3) is 3.89. The summed E-state index contributed by atoms with van der Waals surface area (Å²) in [5.74, 6) is -0.774. The van der Waals surface area contributed by atoms with Crippen LogP contribution in [-0.4, -0.2) is 52.6 Å². The molecule has 2 unspecified atom stereocenters. The van der Waals surface area contributed by atoms with Gasteiger partial charge >= 0.3 is 12.0 Å². The topological polar surface area (TPSA) is 60.9 Å². The first-order valence-corrected chi connectivity index (χ1v) is 8.20. The zero-order valence-electron chi connectivity index (χ0n) is 13.9. The molecular weight excluding hydrogens is 268 g/mol. The van der Waals surface area contributed by atoms with Crippen LogP contribution in [-0.2, 0) is 4.79 Å². The van der Waals surface area contributed by atoms with Crippen molar-refractivity contribution < 1.29 is 14.7 Å². The summed E-state index contributed by atoms with van der Waals surface area (Å²) in [5, 5.41) is 9.45. The van der Waals surface area contributed by atoms with Gasteiger partial charge in [0.15, 0.2) is 0 Å². The SMILES string of the molecule is CCCCN(C(=O)N1CCC(CC)(C(=O)O)C1)C(C)CC. The second-order valence-corrected chi connectivity index (χ2v) is 6.20. The van der Waals surface area contributed by atoms with E-state index in [0.29, 0.717) is 25.9 Å². The Bertz CT molecular complexity index is 373. The maximum atomic E-state index is 12.7. The van der Waals surface area contributed by atoms with Crippen molar-refractivity contribution in [2.75, 3.05) is 19.6 Å². The molecule has 0 bridgehead atoms. The van der Waals surface area contributed by atoms with Crippen molar-refractivity contribution >= 4 is 12.0 Å². The number of aliphatic carboxylic acids is 1. The van der Waals surface area contributed by atoms with Gasteiger partial charge in [0, 0.05) is 25.7 Å². The van der Waals surface area contributed by atoms with E-state index < -0.39 is 11.4 Å². The number of amides is 2. The van der Waals surface area contributed by atoms with E-state index in [0.717, 1.165) is 25.8 Å². The number of carbonyl (C=O) groups excluding carboxylic acids is 1. The summed E-state index contributed by atoms with van der Waals surface area (Å²) in [7, 11) is 0. The fraction of sp³-hybridized carbons (Fsp3) is 0.875. The standard InChI is InChI=1S/C16H30N2O3/c1-5-8-10-18(13(4)6-2)15(21)17-11-9-16(7-3,12-17)14(19)20/h13H,5-12H2,1-4H3,(H,19,20). The van der Waals surface area contributed by atoms with E-state index in [1.807, 2.05) is 11.8 Å². The maximum Gasteiger partial charge on any atom is 0.320 e. The molecule has 0 aromatic rings. The van der Waals surface area contributed by atoms with Crippen molar-refractivity contribution in [3.05, 3.63) is 0 Å². The normalized spacial score (nSPS) is 23.1. The first kappa shape index (κ1) is 17.8. The molecule has 2 amide bonds. The van der Waals surface area contributed by atoms with Gasteiger partial charge in [0.25, 0.3) is 0 Å². The van der Waals surface area contributed by atoms with E-state index in [1.165, 1.54) is 0 Å². The number of hydrogen-bond donors (Lipinski definition) is 1. The third-order valence-corrected chi connectivity index (χ3v) is 4.88. The van der Waals surface area contributed by atoms with Crippen molar-refractivity contribution in [1.82, 2.24) is 9.80 Å². The van der Waals surface area contributed by atoms with Crippen LogP contribution >= 0.6 is 0 Å². The largest absolute Gasteiger partial charge is 0.481 e. The first-order chi connectivity index (χ1) is 9.91. The third-order valence-electron chi connectivity index (χ3n) is 4.88. The van der Waals surface area contributed by atoms with Crippen LogP contribution in [0.4, 0.5) is 4.79 Å². The van der Waals surface area contributed by atoms with Crippen molar-refractivity contribution in [3.63, 3.8) is 0 Å². The summed E-state index contributed by atoms with van der Waals surface area (Å²) in [6.45, 7) is 9.80. The van der Waals surface area contributed by atoms with Gasteiger partial charge in [-0.05, 0) is 32.6 Å².